The second kappa shape index (κ2) is 10.7. The number of furan rings is 2. The van der Waals surface area contributed by atoms with Crippen LogP contribution in [0.5, 0.6) is 0 Å². The lowest BCUT2D eigenvalue weighted by Crippen LogP contribution is -2.00. The van der Waals surface area contributed by atoms with E-state index in [-0.39, 0.29) is 0 Å². The van der Waals surface area contributed by atoms with Gasteiger partial charge in [0.25, 0.3) is 0 Å². The molecule has 0 spiro atoms. The highest BCUT2D eigenvalue weighted by Gasteiger charge is 2.19. The molecule has 11 rings (SSSR count). The summed E-state index contributed by atoms with van der Waals surface area (Å²) in [5, 5.41) is 6.58. The fourth-order valence-electron chi connectivity index (χ4n) is 7.45. The molecular formula is C45H26N4O2. The molecule has 0 fully saturated rings. The van der Waals surface area contributed by atoms with Crippen LogP contribution in [0.3, 0.4) is 0 Å². The number of fused-ring (bicyclic) bond motifs is 9. The average molecular weight is 655 g/mol. The highest BCUT2D eigenvalue weighted by molar-refractivity contribution is 6.17. The molecule has 6 nitrogen and oxygen atoms in total. The number of hydrogen-bond donors (Lipinski definition) is 0. The van der Waals surface area contributed by atoms with Crippen molar-refractivity contribution < 1.29 is 8.83 Å². The maximum atomic E-state index is 6.60. The molecule has 0 aliphatic carbocycles. The Labute approximate surface area is 290 Å². The minimum atomic E-state index is 0.567. The van der Waals surface area contributed by atoms with Crippen LogP contribution < -0.4 is 0 Å². The van der Waals surface area contributed by atoms with E-state index >= 15 is 0 Å². The van der Waals surface area contributed by atoms with Gasteiger partial charge >= 0.3 is 0 Å². The summed E-state index contributed by atoms with van der Waals surface area (Å²) >= 11 is 0. The largest absolute Gasteiger partial charge is 0.456 e. The maximum absolute atomic E-state index is 6.60. The van der Waals surface area contributed by atoms with E-state index in [1.54, 1.807) is 0 Å². The summed E-state index contributed by atoms with van der Waals surface area (Å²) in [4.78, 5) is 15.0. The molecular weight excluding hydrogens is 629 g/mol. The number of nitrogens with zero attached hydrogens (tertiary/aromatic N) is 4. The van der Waals surface area contributed by atoms with Gasteiger partial charge in [0.15, 0.2) is 17.5 Å². The summed E-state index contributed by atoms with van der Waals surface area (Å²) < 4.78 is 15.1. The molecule has 0 amide bonds. The summed E-state index contributed by atoms with van der Waals surface area (Å²) in [6, 6.07) is 54.0. The molecule has 0 N–H and O–H groups in total. The van der Waals surface area contributed by atoms with Crippen LogP contribution >= 0.6 is 0 Å². The van der Waals surface area contributed by atoms with E-state index in [1.165, 1.54) is 5.39 Å². The summed E-state index contributed by atoms with van der Waals surface area (Å²) in [6.45, 7) is 0. The van der Waals surface area contributed by atoms with Crippen LogP contribution in [0.2, 0.25) is 0 Å². The van der Waals surface area contributed by atoms with Crippen molar-refractivity contribution in [1.82, 2.24) is 19.5 Å². The van der Waals surface area contributed by atoms with Gasteiger partial charge in [-0.15, -0.1) is 0 Å². The lowest BCUT2D eigenvalue weighted by Gasteiger charge is -2.08. The monoisotopic (exact) mass is 654 g/mol. The van der Waals surface area contributed by atoms with Gasteiger partial charge in [0.1, 0.15) is 22.3 Å². The first-order valence-corrected chi connectivity index (χ1v) is 16.9. The van der Waals surface area contributed by atoms with Gasteiger partial charge in [-0.2, -0.15) is 0 Å². The van der Waals surface area contributed by atoms with Crippen molar-refractivity contribution in [2.75, 3.05) is 0 Å². The number of aromatic nitrogens is 4. The van der Waals surface area contributed by atoms with Crippen molar-refractivity contribution in [2.24, 2.45) is 0 Å². The van der Waals surface area contributed by atoms with E-state index in [2.05, 4.69) is 95.6 Å². The van der Waals surface area contributed by atoms with Crippen molar-refractivity contribution in [3.05, 3.63) is 158 Å². The predicted octanol–water partition coefficient (Wildman–Crippen LogP) is 11.8. The van der Waals surface area contributed by atoms with E-state index in [4.69, 9.17) is 23.8 Å². The standard InChI is InChI=1S/C45H26N4O2/c1-3-11-27(12-4-1)43-46-44(28-19-21-33-32-16-8-10-18-39(32)50-40(33)23-28)48-45(47-43)29-20-22-34-36-25-38-35(26-42(36)51-41(34)24-29)31-15-7-9-17-37(31)49(38)30-13-5-2-6-14-30/h1-26H. The van der Waals surface area contributed by atoms with Crippen molar-refractivity contribution in [1.29, 1.82) is 0 Å². The molecule has 11 aromatic rings. The number of hydrogen-bond acceptors (Lipinski definition) is 5. The normalized spacial score (nSPS) is 11.9. The van der Waals surface area contributed by atoms with E-state index in [9.17, 15) is 0 Å². The van der Waals surface area contributed by atoms with Crippen LogP contribution in [-0.2, 0) is 0 Å². The number of para-hydroxylation sites is 3. The van der Waals surface area contributed by atoms with Gasteiger partial charge in [0, 0.05) is 54.7 Å². The first-order valence-electron chi connectivity index (χ1n) is 16.9. The molecule has 4 heterocycles. The zero-order chi connectivity index (χ0) is 33.5. The second-order valence-corrected chi connectivity index (χ2v) is 12.8. The Kier molecular flexibility index (Phi) is 5.86. The minimum absolute atomic E-state index is 0.567. The first kappa shape index (κ1) is 27.9. The third-order valence-electron chi connectivity index (χ3n) is 9.84. The van der Waals surface area contributed by atoms with Crippen LogP contribution in [0, 0.1) is 0 Å². The Morgan fingerprint density at radius 3 is 1.59 bits per heavy atom. The first-order chi connectivity index (χ1) is 25.2. The second-order valence-electron chi connectivity index (χ2n) is 12.8. The Morgan fingerprint density at radius 2 is 0.863 bits per heavy atom. The lowest BCUT2D eigenvalue weighted by molar-refractivity contribution is 0.669. The Morgan fingerprint density at radius 1 is 0.333 bits per heavy atom. The molecule has 0 radical (unpaired) electrons. The van der Waals surface area contributed by atoms with Gasteiger partial charge in [-0.3, -0.25) is 0 Å². The maximum Gasteiger partial charge on any atom is 0.164 e. The Bertz CT molecular complexity index is 3140. The van der Waals surface area contributed by atoms with Gasteiger partial charge in [-0.25, -0.2) is 15.0 Å². The molecule has 6 heteroatoms. The van der Waals surface area contributed by atoms with E-state index in [0.29, 0.717) is 17.5 Å². The lowest BCUT2D eigenvalue weighted by atomic mass is 10.1. The summed E-state index contributed by atoms with van der Waals surface area (Å²) in [7, 11) is 0. The Balaban J connectivity index is 1.09. The van der Waals surface area contributed by atoms with Gasteiger partial charge in [0.05, 0.1) is 11.0 Å². The summed E-state index contributed by atoms with van der Waals surface area (Å²) in [6.07, 6.45) is 0. The van der Waals surface area contributed by atoms with E-state index in [1.807, 2.05) is 66.7 Å². The molecule has 0 atom stereocenters. The Hall–Kier alpha value is -7.05. The highest BCUT2D eigenvalue weighted by Crippen LogP contribution is 2.39. The fraction of sp³-hybridized carbons (Fsp3) is 0. The molecule has 51 heavy (non-hydrogen) atoms. The average Bonchev–Trinajstić information content (AvgIpc) is 3.85. The van der Waals surface area contributed by atoms with Gasteiger partial charge < -0.3 is 13.4 Å². The minimum Gasteiger partial charge on any atom is -0.456 e. The third-order valence-corrected chi connectivity index (χ3v) is 9.84. The molecule has 0 unspecified atom stereocenters. The van der Waals surface area contributed by atoms with Gasteiger partial charge in [-0.1, -0.05) is 97.1 Å². The zero-order valence-corrected chi connectivity index (χ0v) is 27.1. The third kappa shape index (κ3) is 4.33. The van der Waals surface area contributed by atoms with Crippen molar-refractivity contribution >= 4 is 65.7 Å². The molecule has 4 aromatic heterocycles. The fourth-order valence-corrected chi connectivity index (χ4v) is 7.45. The molecule has 0 bridgehead atoms. The predicted molar refractivity (Wildman–Crippen MR) is 205 cm³/mol. The van der Waals surface area contributed by atoms with Crippen molar-refractivity contribution in [3.8, 4) is 39.9 Å². The molecule has 238 valence electrons. The molecule has 0 saturated heterocycles. The smallest absolute Gasteiger partial charge is 0.164 e. The van der Waals surface area contributed by atoms with E-state index in [0.717, 1.165) is 82.7 Å². The quantitative estimate of drug-likeness (QED) is 0.189. The van der Waals surface area contributed by atoms with Crippen LogP contribution in [0.15, 0.2) is 167 Å². The van der Waals surface area contributed by atoms with Crippen LogP contribution in [-0.4, -0.2) is 19.5 Å². The SMILES string of the molecule is c1ccc(-c2nc(-c3ccc4c(c3)oc3ccccc34)nc(-c3ccc4c(c3)oc3cc5c6ccccc6n(-c6ccccc6)c5cc34)n2)cc1. The number of benzene rings is 7. The summed E-state index contributed by atoms with van der Waals surface area (Å²) in [5.41, 5.74) is 9.29. The van der Waals surface area contributed by atoms with Crippen molar-refractivity contribution in [3.63, 3.8) is 0 Å². The molecule has 0 aliphatic rings. The zero-order valence-electron chi connectivity index (χ0n) is 27.1. The number of rotatable bonds is 4. The van der Waals surface area contributed by atoms with E-state index < -0.39 is 0 Å². The van der Waals surface area contributed by atoms with Crippen LogP contribution in [0.4, 0.5) is 0 Å². The van der Waals surface area contributed by atoms with Crippen LogP contribution in [0.25, 0.3) is 106 Å². The summed E-state index contributed by atoms with van der Waals surface area (Å²) in [5.74, 6) is 1.74. The van der Waals surface area contributed by atoms with Crippen LogP contribution in [0.1, 0.15) is 0 Å². The molecule has 7 aromatic carbocycles. The topological polar surface area (TPSA) is 69.9 Å². The van der Waals surface area contributed by atoms with Gasteiger partial charge in [-0.05, 0) is 60.7 Å². The highest BCUT2D eigenvalue weighted by atomic mass is 16.3. The van der Waals surface area contributed by atoms with Crippen molar-refractivity contribution in [2.45, 2.75) is 0 Å². The molecule has 0 saturated carbocycles. The van der Waals surface area contributed by atoms with Gasteiger partial charge in [0.2, 0.25) is 0 Å². The molecule has 0 aliphatic heterocycles.